The maximum atomic E-state index is 14.4. The molecule has 10 nitrogen and oxygen atoms in total. The second kappa shape index (κ2) is 12.0. The van der Waals surface area contributed by atoms with Gasteiger partial charge in [-0.25, -0.2) is 0 Å². The molecule has 41 heavy (non-hydrogen) atoms. The third-order valence-electron chi connectivity index (χ3n) is 10.3. The van der Waals surface area contributed by atoms with Crippen molar-refractivity contribution in [1.82, 2.24) is 20.4 Å². The summed E-state index contributed by atoms with van der Waals surface area (Å²) >= 11 is 0. The average molecular weight is 571 g/mol. The SMILES string of the molecule is CC[C@H](C)[C@H](CO)N1C(=O)[C@@H]2[C@@H](C(=O)NCc3ccccc3)[C@]3(C)OC2(CC3C)C1C(=O)NCCN1CCOCC1. The summed E-state index contributed by atoms with van der Waals surface area (Å²) in [4.78, 5) is 46.2. The second-order valence-electron chi connectivity index (χ2n) is 12.5. The van der Waals surface area contributed by atoms with Crippen LogP contribution in [0.2, 0.25) is 0 Å². The molecule has 3 unspecified atom stereocenters. The van der Waals surface area contributed by atoms with E-state index in [1.165, 1.54) is 0 Å². The molecule has 226 valence electrons. The second-order valence-corrected chi connectivity index (χ2v) is 12.5. The molecule has 10 heteroatoms. The summed E-state index contributed by atoms with van der Waals surface area (Å²) in [6.07, 6.45) is 1.23. The van der Waals surface area contributed by atoms with Crippen molar-refractivity contribution in [1.29, 1.82) is 0 Å². The molecular weight excluding hydrogens is 524 g/mol. The number of fused-ring (bicyclic) bond motifs is 1. The summed E-state index contributed by atoms with van der Waals surface area (Å²) < 4.78 is 12.2. The predicted molar refractivity (Wildman–Crippen MR) is 153 cm³/mol. The molecule has 0 aromatic heterocycles. The number of morpholine rings is 1. The molecule has 8 atom stereocenters. The van der Waals surface area contributed by atoms with Crippen LogP contribution in [0.3, 0.4) is 0 Å². The molecule has 3 amide bonds. The van der Waals surface area contributed by atoms with Gasteiger partial charge in [-0.3, -0.25) is 19.3 Å². The Labute approximate surface area is 243 Å². The largest absolute Gasteiger partial charge is 0.394 e. The minimum atomic E-state index is -1.13. The van der Waals surface area contributed by atoms with Crippen LogP contribution in [-0.4, -0.2) is 102 Å². The molecular formula is C31H46N4O6. The quantitative estimate of drug-likeness (QED) is 0.365. The third kappa shape index (κ3) is 5.17. The number of amides is 3. The molecule has 1 aromatic rings. The monoisotopic (exact) mass is 570 g/mol. The molecule has 5 rings (SSSR count). The summed E-state index contributed by atoms with van der Waals surface area (Å²) in [7, 11) is 0. The standard InChI is InChI=1S/C31H46N4O6/c1-5-20(2)23(19-36)35-26(28(38)32-11-12-34-13-15-40-16-14-34)31-17-21(3)30(4,41-31)24(25(31)29(35)39)27(37)33-18-22-9-7-6-8-10-22/h6-10,20-21,23-26,36H,5,11-19H2,1-4H3,(H,32,38)(H,33,37)/t20-,21?,23-,24-,25-,26?,30+,31?/m0/s1. The predicted octanol–water partition coefficient (Wildman–Crippen LogP) is 1.17. The van der Waals surface area contributed by atoms with E-state index in [4.69, 9.17) is 9.47 Å². The Kier molecular flexibility index (Phi) is 8.76. The summed E-state index contributed by atoms with van der Waals surface area (Å²) in [6, 6.07) is 8.18. The van der Waals surface area contributed by atoms with Crippen LogP contribution in [0, 0.1) is 23.7 Å². The summed E-state index contributed by atoms with van der Waals surface area (Å²) in [6.45, 7) is 12.1. The number of carbonyl (C=O) groups excluding carboxylic acids is 3. The van der Waals surface area contributed by atoms with Crippen LogP contribution in [0.5, 0.6) is 0 Å². The average Bonchev–Trinajstić information content (AvgIpc) is 3.49. The zero-order valence-electron chi connectivity index (χ0n) is 24.8. The molecule has 0 saturated carbocycles. The van der Waals surface area contributed by atoms with E-state index in [0.717, 1.165) is 25.1 Å². The molecule has 0 aliphatic carbocycles. The van der Waals surface area contributed by atoms with Crippen LogP contribution in [0.15, 0.2) is 30.3 Å². The topological polar surface area (TPSA) is 120 Å². The fourth-order valence-corrected chi connectivity index (χ4v) is 7.70. The number of hydrogen-bond acceptors (Lipinski definition) is 7. The van der Waals surface area contributed by atoms with E-state index in [-0.39, 0.29) is 36.2 Å². The van der Waals surface area contributed by atoms with Gasteiger partial charge < -0.3 is 30.1 Å². The van der Waals surface area contributed by atoms with Crippen molar-refractivity contribution in [2.24, 2.45) is 23.7 Å². The smallest absolute Gasteiger partial charge is 0.245 e. The van der Waals surface area contributed by atoms with Gasteiger partial charge in [0.05, 0.1) is 43.3 Å². The van der Waals surface area contributed by atoms with Gasteiger partial charge in [-0.2, -0.15) is 0 Å². The first-order chi connectivity index (χ1) is 19.7. The zero-order chi connectivity index (χ0) is 29.4. The van der Waals surface area contributed by atoms with Gasteiger partial charge in [0.1, 0.15) is 11.6 Å². The number of nitrogens with one attached hydrogen (secondary N) is 2. The lowest BCUT2D eigenvalue weighted by Crippen LogP contribution is -2.59. The van der Waals surface area contributed by atoms with Crippen LogP contribution in [0.4, 0.5) is 0 Å². The number of likely N-dealkylation sites (tertiary alicyclic amines) is 1. The van der Waals surface area contributed by atoms with Crippen molar-refractivity contribution in [3.05, 3.63) is 35.9 Å². The van der Waals surface area contributed by atoms with E-state index >= 15 is 0 Å². The van der Waals surface area contributed by atoms with Gasteiger partial charge in [-0.1, -0.05) is 57.5 Å². The van der Waals surface area contributed by atoms with Gasteiger partial charge in [-0.15, -0.1) is 0 Å². The highest BCUT2D eigenvalue weighted by Gasteiger charge is 2.80. The Morgan fingerprint density at radius 1 is 1.15 bits per heavy atom. The number of aliphatic hydroxyl groups is 1. The molecule has 4 aliphatic heterocycles. The summed E-state index contributed by atoms with van der Waals surface area (Å²) in [5.41, 5.74) is -1.05. The molecule has 4 aliphatic rings. The number of hydrogen-bond donors (Lipinski definition) is 3. The molecule has 4 heterocycles. The Bertz CT molecular complexity index is 1110. The Morgan fingerprint density at radius 3 is 2.51 bits per heavy atom. The fourth-order valence-electron chi connectivity index (χ4n) is 7.70. The van der Waals surface area contributed by atoms with Crippen LogP contribution >= 0.6 is 0 Å². The zero-order valence-corrected chi connectivity index (χ0v) is 24.8. The van der Waals surface area contributed by atoms with Crippen molar-refractivity contribution in [2.75, 3.05) is 46.0 Å². The van der Waals surface area contributed by atoms with Crippen LogP contribution in [0.25, 0.3) is 0 Å². The molecule has 1 aromatic carbocycles. The number of ether oxygens (including phenoxy) is 2. The normalized spacial score (nSPS) is 34.4. The molecule has 2 bridgehead atoms. The van der Waals surface area contributed by atoms with E-state index in [9.17, 15) is 19.5 Å². The maximum absolute atomic E-state index is 14.4. The van der Waals surface area contributed by atoms with Gasteiger partial charge in [0, 0.05) is 32.7 Å². The van der Waals surface area contributed by atoms with Gasteiger partial charge in [0.15, 0.2) is 0 Å². The van der Waals surface area contributed by atoms with E-state index in [1.807, 2.05) is 58.0 Å². The number of nitrogens with zero attached hydrogens (tertiary/aromatic N) is 2. The summed E-state index contributed by atoms with van der Waals surface area (Å²) in [5, 5.41) is 16.6. The molecule has 4 saturated heterocycles. The van der Waals surface area contributed by atoms with Crippen molar-refractivity contribution >= 4 is 17.7 Å². The van der Waals surface area contributed by atoms with E-state index in [1.54, 1.807) is 4.90 Å². The van der Waals surface area contributed by atoms with E-state index in [2.05, 4.69) is 15.5 Å². The maximum Gasteiger partial charge on any atom is 0.245 e. The minimum Gasteiger partial charge on any atom is -0.394 e. The number of rotatable bonds is 11. The lowest BCUT2D eigenvalue weighted by molar-refractivity contribution is -0.152. The van der Waals surface area contributed by atoms with Crippen molar-refractivity contribution < 1.29 is 29.0 Å². The van der Waals surface area contributed by atoms with Crippen LogP contribution in [-0.2, 0) is 30.4 Å². The first-order valence-corrected chi connectivity index (χ1v) is 15.2. The number of benzene rings is 1. The van der Waals surface area contributed by atoms with E-state index < -0.39 is 35.1 Å². The van der Waals surface area contributed by atoms with Crippen molar-refractivity contribution in [3.63, 3.8) is 0 Å². The van der Waals surface area contributed by atoms with Gasteiger partial charge in [0.25, 0.3) is 0 Å². The Morgan fingerprint density at radius 2 is 1.85 bits per heavy atom. The van der Waals surface area contributed by atoms with Gasteiger partial charge >= 0.3 is 0 Å². The van der Waals surface area contributed by atoms with Crippen LogP contribution < -0.4 is 10.6 Å². The fraction of sp³-hybridized carbons (Fsp3) is 0.710. The minimum absolute atomic E-state index is 0.0428. The number of carbonyl (C=O) groups is 3. The lowest BCUT2D eigenvalue weighted by atomic mass is 9.62. The van der Waals surface area contributed by atoms with Gasteiger partial charge in [0.2, 0.25) is 17.7 Å². The third-order valence-corrected chi connectivity index (χ3v) is 10.3. The highest BCUT2D eigenvalue weighted by molar-refractivity contribution is 5.99. The summed E-state index contributed by atoms with van der Waals surface area (Å²) in [5.74, 6) is -2.41. The van der Waals surface area contributed by atoms with Crippen molar-refractivity contribution in [3.8, 4) is 0 Å². The van der Waals surface area contributed by atoms with Crippen LogP contribution in [0.1, 0.15) is 46.1 Å². The van der Waals surface area contributed by atoms with E-state index in [0.29, 0.717) is 39.3 Å². The highest BCUT2D eigenvalue weighted by Crippen LogP contribution is 2.65. The van der Waals surface area contributed by atoms with Gasteiger partial charge in [-0.05, 0) is 30.7 Å². The molecule has 4 fully saturated rings. The first kappa shape index (κ1) is 29.9. The molecule has 0 radical (unpaired) electrons. The highest BCUT2D eigenvalue weighted by atomic mass is 16.5. The Hall–Kier alpha value is -2.53. The molecule has 3 N–H and O–H groups in total. The Balaban J connectivity index is 1.44. The lowest BCUT2D eigenvalue weighted by Gasteiger charge is -2.39. The number of aliphatic hydroxyl groups excluding tert-OH is 1. The molecule has 1 spiro atoms. The first-order valence-electron chi connectivity index (χ1n) is 15.2. The van der Waals surface area contributed by atoms with Crippen molar-refractivity contribution in [2.45, 2.75) is 70.4 Å².